The van der Waals surface area contributed by atoms with Gasteiger partial charge in [-0.3, -0.25) is 0 Å². The minimum absolute atomic E-state index is 0.0501. The Kier molecular flexibility index (Phi) is 3.24. The summed E-state index contributed by atoms with van der Waals surface area (Å²) >= 11 is 6.36. The number of hydrogen-bond acceptors (Lipinski definition) is 2. The minimum Gasteiger partial charge on any atom is -0.371 e. The number of nitrogens with one attached hydrogen (secondary N) is 1. The summed E-state index contributed by atoms with van der Waals surface area (Å²) in [6, 6.07) is 4.18. The number of nitrogens with zero attached hydrogens (tertiary/aromatic N) is 1. The van der Waals surface area contributed by atoms with Crippen molar-refractivity contribution < 1.29 is 4.74 Å². The molecule has 1 N–H and O–H groups in total. The molecular weight excluding hydrogens is 272 g/mol. The quantitative estimate of drug-likeness (QED) is 0.852. The van der Waals surface area contributed by atoms with E-state index in [4.69, 9.17) is 16.3 Å². The molecule has 0 aliphatic carbocycles. The van der Waals surface area contributed by atoms with E-state index in [1.54, 1.807) is 0 Å². The molecule has 0 fully saturated rings. The molecule has 4 heteroatoms. The standard InChI is InChI=1S/C16H17ClN2O/c1-8(2)16-14-10(4-5-20-16)13-11(7-18)9(3)6-12(17)15(13)19-14/h6,8,16,19H,4-5H2,1-3H3. The van der Waals surface area contributed by atoms with Crippen molar-refractivity contribution in [3.63, 3.8) is 0 Å². The van der Waals surface area contributed by atoms with Crippen LogP contribution < -0.4 is 0 Å². The van der Waals surface area contributed by atoms with E-state index in [1.807, 2.05) is 13.0 Å². The molecule has 1 unspecified atom stereocenters. The number of fused-ring (bicyclic) bond motifs is 3. The molecule has 1 aromatic carbocycles. The zero-order valence-electron chi connectivity index (χ0n) is 11.9. The molecular formula is C16H17ClN2O. The molecule has 0 bridgehead atoms. The average Bonchev–Trinajstić information content (AvgIpc) is 2.79. The van der Waals surface area contributed by atoms with Gasteiger partial charge < -0.3 is 9.72 Å². The van der Waals surface area contributed by atoms with Crippen LogP contribution >= 0.6 is 11.6 Å². The molecule has 0 radical (unpaired) electrons. The largest absolute Gasteiger partial charge is 0.371 e. The third-order valence-electron chi connectivity index (χ3n) is 4.01. The first-order chi connectivity index (χ1) is 9.54. The number of aromatic nitrogens is 1. The van der Waals surface area contributed by atoms with Crippen molar-refractivity contribution in [1.82, 2.24) is 4.98 Å². The lowest BCUT2D eigenvalue weighted by molar-refractivity contribution is 0.00916. The molecule has 2 aromatic rings. The summed E-state index contributed by atoms with van der Waals surface area (Å²) in [5.74, 6) is 0.382. The van der Waals surface area contributed by atoms with Crippen LogP contribution in [0.25, 0.3) is 10.9 Å². The Labute approximate surface area is 123 Å². The minimum atomic E-state index is 0.0501. The Morgan fingerprint density at radius 2 is 2.25 bits per heavy atom. The zero-order chi connectivity index (χ0) is 14.4. The molecule has 0 amide bonds. The third-order valence-corrected chi connectivity index (χ3v) is 4.31. The predicted octanol–water partition coefficient (Wildman–Crippen LogP) is 4.27. The molecule has 1 aliphatic rings. The van der Waals surface area contributed by atoms with E-state index in [9.17, 15) is 5.26 Å². The first-order valence-electron chi connectivity index (χ1n) is 6.89. The first kappa shape index (κ1) is 13.5. The van der Waals surface area contributed by atoms with Gasteiger partial charge in [-0.1, -0.05) is 25.4 Å². The summed E-state index contributed by atoms with van der Waals surface area (Å²) in [4.78, 5) is 3.41. The summed E-state index contributed by atoms with van der Waals surface area (Å²) in [6.07, 6.45) is 0.876. The van der Waals surface area contributed by atoms with Gasteiger partial charge >= 0.3 is 0 Å². The second kappa shape index (κ2) is 4.80. The van der Waals surface area contributed by atoms with Crippen molar-refractivity contribution in [2.24, 2.45) is 5.92 Å². The van der Waals surface area contributed by atoms with E-state index < -0.39 is 0 Å². The van der Waals surface area contributed by atoms with Crippen molar-refractivity contribution in [1.29, 1.82) is 5.26 Å². The molecule has 0 spiro atoms. The first-order valence-corrected chi connectivity index (χ1v) is 7.27. The van der Waals surface area contributed by atoms with Crippen molar-refractivity contribution in [2.45, 2.75) is 33.3 Å². The van der Waals surface area contributed by atoms with E-state index in [0.29, 0.717) is 17.5 Å². The van der Waals surface area contributed by atoms with Crippen molar-refractivity contribution in [2.75, 3.05) is 6.61 Å². The van der Waals surface area contributed by atoms with Crippen LogP contribution in [0, 0.1) is 24.2 Å². The molecule has 1 aromatic heterocycles. The van der Waals surface area contributed by atoms with Crippen LogP contribution in [0.4, 0.5) is 0 Å². The van der Waals surface area contributed by atoms with E-state index in [-0.39, 0.29) is 6.10 Å². The maximum atomic E-state index is 9.46. The van der Waals surface area contributed by atoms with Gasteiger partial charge in [0, 0.05) is 11.1 Å². The monoisotopic (exact) mass is 288 g/mol. The lowest BCUT2D eigenvalue weighted by Crippen LogP contribution is -2.20. The Balaban J connectivity index is 2.38. The second-order valence-corrected chi connectivity index (χ2v) is 6.12. The number of halogens is 1. The van der Waals surface area contributed by atoms with Gasteiger partial charge in [-0.05, 0) is 36.5 Å². The average molecular weight is 289 g/mol. The number of benzene rings is 1. The normalized spacial score (nSPS) is 18.3. The number of H-pyrrole nitrogens is 1. The fourth-order valence-electron chi connectivity index (χ4n) is 3.09. The SMILES string of the molecule is Cc1cc(Cl)c2[nH]c3c(c2c1C#N)CCOC3C(C)C. The Morgan fingerprint density at radius 3 is 2.90 bits per heavy atom. The Morgan fingerprint density at radius 1 is 1.50 bits per heavy atom. The molecule has 3 nitrogen and oxygen atoms in total. The highest BCUT2D eigenvalue weighted by Crippen LogP contribution is 2.40. The molecule has 20 heavy (non-hydrogen) atoms. The summed E-state index contributed by atoms with van der Waals surface area (Å²) in [5, 5.41) is 11.1. The zero-order valence-corrected chi connectivity index (χ0v) is 12.6. The van der Waals surface area contributed by atoms with Gasteiger partial charge in [-0.15, -0.1) is 0 Å². The maximum absolute atomic E-state index is 9.46. The number of aryl methyl sites for hydroxylation is 1. The van der Waals surface area contributed by atoms with Gasteiger partial charge in [0.2, 0.25) is 0 Å². The van der Waals surface area contributed by atoms with Gasteiger partial charge in [-0.25, -0.2) is 0 Å². The van der Waals surface area contributed by atoms with Crippen molar-refractivity contribution >= 4 is 22.5 Å². The maximum Gasteiger partial charge on any atom is 0.100 e. The molecule has 2 heterocycles. The molecule has 1 aliphatic heterocycles. The number of ether oxygens (including phenoxy) is 1. The molecule has 104 valence electrons. The van der Waals surface area contributed by atoms with Gasteiger partial charge in [0.25, 0.3) is 0 Å². The fraction of sp³-hybridized carbons (Fsp3) is 0.438. The molecule has 3 rings (SSSR count). The molecule has 0 saturated carbocycles. The molecule has 1 atom stereocenters. The number of aromatic amines is 1. The summed E-state index contributed by atoms with van der Waals surface area (Å²) in [6.45, 7) is 6.91. The summed E-state index contributed by atoms with van der Waals surface area (Å²) in [5.41, 5.74) is 4.82. The van der Waals surface area contributed by atoms with Crippen LogP contribution in [-0.2, 0) is 11.2 Å². The van der Waals surface area contributed by atoms with Crippen LogP contribution in [0.1, 0.15) is 42.3 Å². The van der Waals surface area contributed by atoms with Gasteiger partial charge in [0.05, 0.1) is 28.8 Å². The Hall–Kier alpha value is -1.50. The van der Waals surface area contributed by atoms with Crippen molar-refractivity contribution in [3.8, 4) is 6.07 Å². The van der Waals surface area contributed by atoms with Crippen LogP contribution in [0.2, 0.25) is 5.02 Å². The highest BCUT2D eigenvalue weighted by molar-refractivity contribution is 6.35. The third kappa shape index (κ3) is 1.83. The van der Waals surface area contributed by atoms with E-state index in [2.05, 4.69) is 24.9 Å². The van der Waals surface area contributed by atoms with Crippen molar-refractivity contribution in [3.05, 3.63) is 33.5 Å². The number of hydrogen-bond donors (Lipinski definition) is 1. The Bertz CT molecular complexity index is 724. The highest BCUT2D eigenvalue weighted by Gasteiger charge is 2.29. The lowest BCUT2D eigenvalue weighted by atomic mass is 9.93. The van der Waals surface area contributed by atoms with E-state index >= 15 is 0 Å². The lowest BCUT2D eigenvalue weighted by Gasteiger charge is -2.26. The van der Waals surface area contributed by atoms with E-state index in [0.717, 1.165) is 34.1 Å². The summed E-state index contributed by atoms with van der Waals surface area (Å²) < 4.78 is 5.88. The van der Waals surface area contributed by atoms with Gasteiger partial charge in [-0.2, -0.15) is 5.26 Å². The van der Waals surface area contributed by atoms with Crippen LogP contribution in [0.3, 0.4) is 0 Å². The highest BCUT2D eigenvalue weighted by atomic mass is 35.5. The van der Waals surface area contributed by atoms with Gasteiger partial charge in [0.1, 0.15) is 6.07 Å². The number of nitriles is 1. The topological polar surface area (TPSA) is 48.8 Å². The smallest absolute Gasteiger partial charge is 0.100 e. The number of rotatable bonds is 1. The van der Waals surface area contributed by atoms with E-state index in [1.165, 1.54) is 5.56 Å². The molecule has 0 saturated heterocycles. The second-order valence-electron chi connectivity index (χ2n) is 5.71. The summed E-state index contributed by atoms with van der Waals surface area (Å²) in [7, 11) is 0. The van der Waals surface area contributed by atoms with Crippen LogP contribution in [0.15, 0.2) is 6.07 Å². The van der Waals surface area contributed by atoms with Crippen LogP contribution in [0.5, 0.6) is 0 Å². The predicted molar refractivity (Wildman–Crippen MR) is 80.0 cm³/mol. The van der Waals surface area contributed by atoms with Gasteiger partial charge in [0.15, 0.2) is 0 Å². The fourth-order valence-corrected chi connectivity index (χ4v) is 3.39. The van der Waals surface area contributed by atoms with Crippen LogP contribution in [-0.4, -0.2) is 11.6 Å².